The van der Waals surface area contributed by atoms with Gasteiger partial charge in [-0.2, -0.15) is 0 Å². The summed E-state index contributed by atoms with van der Waals surface area (Å²) in [6.07, 6.45) is 0. The van der Waals surface area contributed by atoms with Crippen LogP contribution in [0.4, 0.5) is 0 Å². The van der Waals surface area contributed by atoms with Gasteiger partial charge in [-0.1, -0.05) is 18.7 Å². The molecule has 0 aliphatic rings. The Balaban J connectivity index is 3.92. The van der Waals surface area contributed by atoms with E-state index >= 15 is 0 Å². The highest BCUT2D eigenvalue weighted by atomic mass is 32.2. The largest absolute Gasteiger partial charge is 0.465 e. The van der Waals surface area contributed by atoms with Gasteiger partial charge in [0.05, 0.1) is 13.2 Å². The SMILES string of the molecule is CCOC(=O)CS(=O)(=O)NOCC(C)C. The summed E-state index contributed by atoms with van der Waals surface area (Å²) in [5, 5.41) is 0. The fraction of sp³-hybridized carbons (Fsp3) is 0.875. The van der Waals surface area contributed by atoms with Crippen LogP contribution in [0.1, 0.15) is 20.8 Å². The fourth-order valence-electron chi connectivity index (χ4n) is 0.678. The van der Waals surface area contributed by atoms with E-state index in [1.54, 1.807) is 6.92 Å². The lowest BCUT2D eigenvalue weighted by atomic mass is 10.2. The summed E-state index contributed by atoms with van der Waals surface area (Å²) in [4.78, 5) is 17.4. The second-order valence-corrected chi connectivity index (χ2v) is 5.04. The van der Waals surface area contributed by atoms with Gasteiger partial charge >= 0.3 is 5.97 Å². The summed E-state index contributed by atoms with van der Waals surface area (Å²) in [6.45, 7) is 5.76. The van der Waals surface area contributed by atoms with Crippen molar-refractivity contribution in [3.05, 3.63) is 0 Å². The molecule has 0 spiro atoms. The quantitative estimate of drug-likeness (QED) is 0.501. The average Bonchev–Trinajstić information content (AvgIpc) is 2.01. The third-order valence-corrected chi connectivity index (χ3v) is 2.20. The lowest BCUT2D eigenvalue weighted by Gasteiger charge is -2.08. The molecular formula is C8H17NO5S. The molecule has 15 heavy (non-hydrogen) atoms. The van der Waals surface area contributed by atoms with E-state index in [-0.39, 0.29) is 19.1 Å². The zero-order valence-electron chi connectivity index (χ0n) is 9.15. The summed E-state index contributed by atoms with van der Waals surface area (Å²) in [7, 11) is -3.75. The second kappa shape index (κ2) is 6.76. The van der Waals surface area contributed by atoms with Gasteiger partial charge < -0.3 is 4.74 Å². The van der Waals surface area contributed by atoms with Gasteiger partial charge in [-0.25, -0.2) is 8.42 Å². The lowest BCUT2D eigenvalue weighted by Crippen LogP contribution is -2.32. The van der Waals surface area contributed by atoms with Crippen LogP contribution in [0.3, 0.4) is 0 Å². The fourth-order valence-corrected chi connectivity index (χ4v) is 1.38. The molecule has 0 aromatic carbocycles. The minimum atomic E-state index is -3.75. The summed E-state index contributed by atoms with van der Waals surface area (Å²) in [5.74, 6) is -1.31. The van der Waals surface area contributed by atoms with E-state index in [1.807, 2.05) is 18.7 Å². The van der Waals surface area contributed by atoms with Crippen molar-refractivity contribution in [3.63, 3.8) is 0 Å². The van der Waals surface area contributed by atoms with Crippen molar-refractivity contribution in [1.82, 2.24) is 4.89 Å². The molecule has 0 radical (unpaired) electrons. The Kier molecular flexibility index (Phi) is 6.46. The average molecular weight is 239 g/mol. The second-order valence-electron chi connectivity index (χ2n) is 3.35. The predicted octanol–water partition coefficient (Wildman–Crippen LogP) is 0.0565. The third kappa shape index (κ3) is 8.34. The highest BCUT2D eigenvalue weighted by molar-refractivity contribution is 7.90. The molecule has 0 fully saturated rings. The van der Waals surface area contributed by atoms with Gasteiger partial charge in [0.15, 0.2) is 5.75 Å². The topological polar surface area (TPSA) is 81.7 Å². The van der Waals surface area contributed by atoms with Crippen LogP contribution in [0.5, 0.6) is 0 Å². The minimum absolute atomic E-state index is 0.154. The van der Waals surface area contributed by atoms with Gasteiger partial charge in [0.25, 0.3) is 0 Å². The van der Waals surface area contributed by atoms with E-state index in [0.29, 0.717) is 0 Å². The molecule has 0 heterocycles. The van der Waals surface area contributed by atoms with Crippen molar-refractivity contribution in [2.45, 2.75) is 20.8 Å². The molecule has 0 aliphatic heterocycles. The van der Waals surface area contributed by atoms with Crippen LogP contribution in [0, 0.1) is 5.92 Å². The Morgan fingerprint density at radius 1 is 1.40 bits per heavy atom. The van der Waals surface area contributed by atoms with Crippen molar-refractivity contribution in [2.75, 3.05) is 19.0 Å². The lowest BCUT2D eigenvalue weighted by molar-refractivity contribution is -0.140. The Morgan fingerprint density at radius 2 is 2.00 bits per heavy atom. The molecule has 0 amide bonds. The van der Waals surface area contributed by atoms with Crippen LogP contribution in [-0.4, -0.2) is 33.4 Å². The summed E-state index contributed by atoms with van der Waals surface area (Å²) in [6, 6.07) is 0. The van der Waals surface area contributed by atoms with E-state index in [1.165, 1.54) is 0 Å². The normalized spacial score (nSPS) is 11.7. The Hall–Kier alpha value is -0.660. The molecule has 7 heteroatoms. The molecule has 0 aromatic rings. The van der Waals surface area contributed by atoms with E-state index in [9.17, 15) is 13.2 Å². The van der Waals surface area contributed by atoms with Gasteiger partial charge in [-0.3, -0.25) is 9.63 Å². The van der Waals surface area contributed by atoms with Crippen molar-refractivity contribution in [1.29, 1.82) is 0 Å². The highest BCUT2D eigenvalue weighted by Gasteiger charge is 2.17. The van der Waals surface area contributed by atoms with Gasteiger partial charge in [-0.15, -0.1) is 0 Å². The highest BCUT2D eigenvalue weighted by Crippen LogP contribution is 1.93. The van der Waals surface area contributed by atoms with Gasteiger partial charge in [0, 0.05) is 0 Å². The molecule has 0 atom stereocenters. The number of ether oxygens (including phenoxy) is 1. The number of hydrogen-bond acceptors (Lipinski definition) is 5. The predicted molar refractivity (Wildman–Crippen MR) is 54.3 cm³/mol. The van der Waals surface area contributed by atoms with Crippen LogP contribution in [0.15, 0.2) is 0 Å². The molecule has 6 nitrogen and oxygen atoms in total. The van der Waals surface area contributed by atoms with Crippen molar-refractivity contribution in [2.24, 2.45) is 5.92 Å². The minimum Gasteiger partial charge on any atom is -0.465 e. The van der Waals surface area contributed by atoms with Crippen LogP contribution in [0.25, 0.3) is 0 Å². The number of carbonyl (C=O) groups excluding carboxylic acids is 1. The first-order chi connectivity index (χ1) is 6.87. The summed E-state index contributed by atoms with van der Waals surface area (Å²) >= 11 is 0. The molecular weight excluding hydrogens is 222 g/mol. The Labute approximate surface area is 89.9 Å². The zero-order valence-corrected chi connectivity index (χ0v) is 9.96. The molecule has 1 N–H and O–H groups in total. The maximum atomic E-state index is 11.2. The summed E-state index contributed by atoms with van der Waals surface area (Å²) in [5.41, 5.74) is 0. The first-order valence-electron chi connectivity index (χ1n) is 4.64. The monoisotopic (exact) mass is 239 g/mol. The molecule has 0 saturated carbocycles. The Morgan fingerprint density at radius 3 is 2.47 bits per heavy atom. The van der Waals surface area contributed by atoms with Gasteiger partial charge in [-0.05, 0) is 12.8 Å². The van der Waals surface area contributed by atoms with Crippen molar-refractivity contribution in [3.8, 4) is 0 Å². The molecule has 0 aliphatic carbocycles. The number of hydrogen-bond donors (Lipinski definition) is 1. The maximum Gasteiger partial charge on any atom is 0.322 e. The molecule has 0 rings (SSSR count). The van der Waals surface area contributed by atoms with Crippen LogP contribution < -0.4 is 4.89 Å². The number of sulfonamides is 1. The van der Waals surface area contributed by atoms with Crippen molar-refractivity contribution < 1.29 is 22.8 Å². The number of carbonyl (C=O) groups is 1. The van der Waals surface area contributed by atoms with E-state index < -0.39 is 21.7 Å². The van der Waals surface area contributed by atoms with Gasteiger partial charge in [0.2, 0.25) is 10.0 Å². The van der Waals surface area contributed by atoms with Crippen LogP contribution in [-0.2, 0) is 24.4 Å². The molecule has 90 valence electrons. The van der Waals surface area contributed by atoms with Crippen LogP contribution in [0.2, 0.25) is 0 Å². The van der Waals surface area contributed by atoms with Crippen molar-refractivity contribution >= 4 is 16.0 Å². The number of esters is 1. The summed E-state index contributed by atoms with van der Waals surface area (Å²) < 4.78 is 26.8. The van der Waals surface area contributed by atoms with Gasteiger partial charge in [0.1, 0.15) is 0 Å². The third-order valence-electron chi connectivity index (χ3n) is 1.22. The molecule has 0 unspecified atom stereocenters. The molecule has 0 aromatic heterocycles. The standard InChI is InChI=1S/C8H17NO5S/c1-4-13-8(10)6-15(11,12)9-14-5-7(2)3/h7,9H,4-6H2,1-3H3. The zero-order chi connectivity index (χ0) is 11.9. The maximum absolute atomic E-state index is 11.2. The van der Waals surface area contributed by atoms with Crippen LogP contribution >= 0.6 is 0 Å². The van der Waals surface area contributed by atoms with E-state index in [2.05, 4.69) is 4.74 Å². The Bertz CT molecular complexity index is 285. The molecule has 0 bridgehead atoms. The number of rotatable bonds is 7. The van der Waals surface area contributed by atoms with E-state index in [4.69, 9.17) is 4.84 Å². The van der Waals surface area contributed by atoms with E-state index in [0.717, 1.165) is 0 Å². The number of nitrogens with one attached hydrogen (secondary N) is 1. The first kappa shape index (κ1) is 14.3. The molecule has 0 saturated heterocycles. The first-order valence-corrected chi connectivity index (χ1v) is 6.29. The smallest absolute Gasteiger partial charge is 0.322 e.